The van der Waals surface area contributed by atoms with Gasteiger partial charge in [0, 0.05) is 6.04 Å². The average Bonchev–Trinajstić information content (AvgIpc) is 2.77. The van der Waals surface area contributed by atoms with Gasteiger partial charge in [0.25, 0.3) is 5.91 Å². The number of carbonyl (C=O) groups excluding carboxylic acids is 1. The number of aliphatic carboxylic acids is 1. The van der Waals surface area contributed by atoms with Crippen LogP contribution in [-0.2, 0) is 4.79 Å². The summed E-state index contributed by atoms with van der Waals surface area (Å²) >= 11 is 0. The molecule has 1 heterocycles. The molecular formula is C17H18FN3O3. The Labute approximate surface area is 138 Å². The van der Waals surface area contributed by atoms with E-state index >= 15 is 0 Å². The summed E-state index contributed by atoms with van der Waals surface area (Å²) in [6.45, 7) is 3.52. The first-order chi connectivity index (χ1) is 11.4. The minimum absolute atomic E-state index is 0.119. The molecule has 1 amide bonds. The lowest BCUT2D eigenvalue weighted by molar-refractivity contribution is -0.145. The molecule has 0 bridgehead atoms. The molecule has 2 aromatic rings. The van der Waals surface area contributed by atoms with Crippen molar-refractivity contribution in [2.75, 3.05) is 0 Å². The lowest BCUT2D eigenvalue weighted by atomic mass is 9.80. The molecule has 24 heavy (non-hydrogen) atoms. The number of halogens is 1. The predicted molar refractivity (Wildman–Crippen MR) is 84.6 cm³/mol. The second-order valence-electron chi connectivity index (χ2n) is 6.11. The van der Waals surface area contributed by atoms with Crippen LogP contribution >= 0.6 is 0 Å². The summed E-state index contributed by atoms with van der Waals surface area (Å²) in [5.41, 5.74) is 2.37. The van der Waals surface area contributed by atoms with Crippen molar-refractivity contribution in [2.45, 2.75) is 32.7 Å². The zero-order valence-electron chi connectivity index (χ0n) is 13.4. The number of carbonyl (C=O) groups is 2. The second kappa shape index (κ2) is 6.07. The van der Waals surface area contributed by atoms with Crippen molar-refractivity contribution < 1.29 is 19.1 Å². The molecule has 1 aromatic heterocycles. The fraction of sp³-hybridized carbons (Fsp3) is 0.353. The molecule has 1 aliphatic rings. The quantitative estimate of drug-likeness (QED) is 0.900. The van der Waals surface area contributed by atoms with Crippen LogP contribution in [-0.4, -0.2) is 32.8 Å². The molecule has 3 rings (SSSR count). The topological polar surface area (TPSA) is 84.2 Å². The molecule has 1 aliphatic carbocycles. The van der Waals surface area contributed by atoms with E-state index in [1.807, 2.05) is 0 Å². The number of nitrogens with one attached hydrogen (secondary N) is 1. The van der Waals surface area contributed by atoms with Crippen LogP contribution in [0.25, 0.3) is 5.69 Å². The average molecular weight is 331 g/mol. The van der Waals surface area contributed by atoms with Gasteiger partial charge in [0.2, 0.25) is 0 Å². The number of carboxylic acids is 1. The molecule has 2 N–H and O–H groups in total. The fourth-order valence-corrected chi connectivity index (χ4v) is 3.00. The molecule has 6 nitrogen and oxygen atoms in total. The van der Waals surface area contributed by atoms with Crippen molar-refractivity contribution in [3.05, 3.63) is 47.0 Å². The van der Waals surface area contributed by atoms with E-state index in [4.69, 9.17) is 5.11 Å². The molecule has 1 aromatic carbocycles. The number of hydrogen-bond acceptors (Lipinski definition) is 3. The van der Waals surface area contributed by atoms with E-state index in [1.165, 1.54) is 12.1 Å². The van der Waals surface area contributed by atoms with Gasteiger partial charge in [0.1, 0.15) is 5.82 Å². The molecule has 126 valence electrons. The van der Waals surface area contributed by atoms with Crippen molar-refractivity contribution in [1.29, 1.82) is 0 Å². The first kappa shape index (κ1) is 16.2. The van der Waals surface area contributed by atoms with E-state index in [0.29, 0.717) is 35.5 Å². The van der Waals surface area contributed by atoms with E-state index < -0.39 is 5.97 Å². The van der Waals surface area contributed by atoms with Crippen molar-refractivity contribution in [2.24, 2.45) is 5.92 Å². The Morgan fingerprint density at radius 1 is 1.25 bits per heavy atom. The minimum Gasteiger partial charge on any atom is -0.481 e. The summed E-state index contributed by atoms with van der Waals surface area (Å²) in [6, 6.07) is 5.75. The maximum absolute atomic E-state index is 13.1. The predicted octanol–water partition coefficient (Wildman–Crippen LogP) is 2.22. The largest absolute Gasteiger partial charge is 0.481 e. The molecule has 7 heteroatoms. The zero-order valence-corrected chi connectivity index (χ0v) is 13.4. The monoisotopic (exact) mass is 331 g/mol. The van der Waals surface area contributed by atoms with Crippen LogP contribution < -0.4 is 5.32 Å². The van der Waals surface area contributed by atoms with Crippen molar-refractivity contribution in [3.8, 4) is 5.69 Å². The van der Waals surface area contributed by atoms with Crippen molar-refractivity contribution in [1.82, 2.24) is 15.1 Å². The Morgan fingerprint density at radius 3 is 2.46 bits per heavy atom. The van der Waals surface area contributed by atoms with Crippen LogP contribution in [0.15, 0.2) is 24.3 Å². The maximum atomic E-state index is 13.1. The number of amides is 1. The Kier molecular flexibility index (Phi) is 4.09. The highest BCUT2D eigenvalue weighted by Gasteiger charge is 2.36. The molecule has 1 fully saturated rings. The molecule has 0 unspecified atom stereocenters. The van der Waals surface area contributed by atoms with Gasteiger partial charge in [0.15, 0.2) is 0 Å². The second-order valence-corrected chi connectivity index (χ2v) is 6.11. The Bertz CT molecular complexity index is 792. The number of benzene rings is 1. The van der Waals surface area contributed by atoms with Gasteiger partial charge in [-0.3, -0.25) is 9.59 Å². The summed E-state index contributed by atoms with van der Waals surface area (Å²) in [5, 5.41) is 16.1. The highest BCUT2D eigenvalue weighted by atomic mass is 19.1. The van der Waals surface area contributed by atoms with Gasteiger partial charge in [-0.05, 0) is 51.0 Å². The number of nitrogens with zero attached hydrogens (tertiary/aromatic N) is 2. The molecule has 1 saturated carbocycles. The first-order valence-corrected chi connectivity index (χ1v) is 7.72. The van der Waals surface area contributed by atoms with Crippen molar-refractivity contribution in [3.63, 3.8) is 0 Å². The fourth-order valence-electron chi connectivity index (χ4n) is 3.00. The van der Waals surface area contributed by atoms with Gasteiger partial charge in [-0.15, -0.1) is 0 Å². The van der Waals surface area contributed by atoms with Crippen LogP contribution in [0.4, 0.5) is 4.39 Å². The lowest BCUT2D eigenvalue weighted by Gasteiger charge is -2.32. The zero-order chi connectivity index (χ0) is 17.4. The standard InChI is InChI=1S/C17H18FN3O3/c1-9-15(16(22)19-13-7-11(8-13)17(23)24)10(2)21(20-9)14-5-3-12(18)4-6-14/h3-6,11,13H,7-8H2,1-2H3,(H,19,22)(H,23,24). The Hall–Kier alpha value is -2.70. The summed E-state index contributed by atoms with van der Waals surface area (Å²) in [5.74, 6) is -1.79. The van der Waals surface area contributed by atoms with E-state index in [1.54, 1.807) is 30.7 Å². The van der Waals surface area contributed by atoms with Gasteiger partial charge < -0.3 is 10.4 Å². The third kappa shape index (κ3) is 2.89. The van der Waals surface area contributed by atoms with E-state index in [2.05, 4.69) is 10.4 Å². The summed E-state index contributed by atoms with van der Waals surface area (Å²) < 4.78 is 14.7. The van der Waals surface area contributed by atoms with Crippen molar-refractivity contribution >= 4 is 11.9 Å². The highest BCUT2D eigenvalue weighted by Crippen LogP contribution is 2.28. The Balaban J connectivity index is 1.78. The highest BCUT2D eigenvalue weighted by molar-refractivity contribution is 5.96. The molecule has 0 aliphatic heterocycles. The molecule has 0 radical (unpaired) electrons. The van der Waals surface area contributed by atoms with Gasteiger partial charge in [-0.1, -0.05) is 0 Å². The SMILES string of the molecule is Cc1nn(-c2ccc(F)cc2)c(C)c1C(=O)NC1CC(C(=O)O)C1. The molecule has 0 atom stereocenters. The number of rotatable bonds is 4. The van der Waals surface area contributed by atoms with E-state index in [0.717, 1.165) is 0 Å². The number of aromatic nitrogens is 2. The van der Waals surface area contributed by atoms with Gasteiger partial charge in [0.05, 0.1) is 28.6 Å². The first-order valence-electron chi connectivity index (χ1n) is 7.72. The maximum Gasteiger partial charge on any atom is 0.306 e. The lowest BCUT2D eigenvalue weighted by Crippen LogP contribution is -2.46. The van der Waals surface area contributed by atoms with Gasteiger partial charge in [-0.25, -0.2) is 9.07 Å². The number of carboxylic acid groups (broad SMARTS) is 1. The normalized spacial score (nSPS) is 19.6. The molecular weight excluding hydrogens is 313 g/mol. The number of hydrogen-bond donors (Lipinski definition) is 2. The van der Waals surface area contributed by atoms with Gasteiger partial charge >= 0.3 is 5.97 Å². The minimum atomic E-state index is -0.822. The smallest absolute Gasteiger partial charge is 0.306 e. The van der Waals surface area contributed by atoms with E-state index in [9.17, 15) is 14.0 Å². The summed E-state index contributed by atoms with van der Waals surface area (Å²) in [6.07, 6.45) is 0.899. The third-order valence-electron chi connectivity index (χ3n) is 4.41. The third-order valence-corrected chi connectivity index (χ3v) is 4.41. The molecule has 0 saturated heterocycles. The number of aryl methyl sites for hydroxylation is 1. The van der Waals surface area contributed by atoms with Crippen LogP contribution in [0.3, 0.4) is 0 Å². The van der Waals surface area contributed by atoms with Gasteiger partial charge in [-0.2, -0.15) is 5.10 Å². The van der Waals surface area contributed by atoms with Crippen LogP contribution in [0.2, 0.25) is 0 Å². The van der Waals surface area contributed by atoms with Crippen LogP contribution in [0.5, 0.6) is 0 Å². The van der Waals surface area contributed by atoms with Crippen LogP contribution in [0.1, 0.15) is 34.6 Å². The van der Waals surface area contributed by atoms with Crippen LogP contribution in [0, 0.1) is 25.6 Å². The summed E-state index contributed by atoms with van der Waals surface area (Å²) in [7, 11) is 0. The molecule has 0 spiro atoms. The Morgan fingerprint density at radius 2 is 1.88 bits per heavy atom. The summed E-state index contributed by atoms with van der Waals surface area (Å²) in [4.78, 5) is 23.3. The van der Waals surface area contributed by atoms with E-state index in [-0.39, 0.29) is 23.7 Å².